The Kier molecular flexibility index (Phi) is 4.13. The molecule has 3 unspecified atom stereocenters. The van der Waals surface area contributed by atoms with Crippen LogP contribution in [0.1, 0.15) is 45.1 Å². The monoisotopic (exact) mass is 272 g/mol. The summed E-state index contributed by atoms with van der Waals surface area (Å²) in [7, 11) is 0. The Labute approximate surface area is 123 Å². The van der Waals surface area contributed by atoms with Crippen molar-refractivity contribution in [1.29, 1.82) is 0 Å². The minimum absolute atomic E-state index is 0.101. The number of benzene rings is 1. The zero-order valence-corrected chi connectivity index (χ0v) is 12.9. The molecule has 20 heavy (non-hydrogen) atoms. The number of nitrogens with one attached hydrogen (secondary N) is 1. The van der Waals surface area contributed by atoms with Crippen LogP contribution in [0.25, 0.3) is 0 Å². The molecule has 0 aromatic heterocycles. The molecule has 1 aliphatic carbocycles. The largest absolute Gasteiger partial charge is 0.307 e. The fourth-order valence-electron chi connectivity index (χ4n) is 4.01. The van der Waals surface area contributed by atoms with E-state index >= 15 is 0 Å². The second-order valence-corrected chi connectivity index (χ2v) is 7.02. The Morgan fingerprint density at radius 2 is 2.00 bits per heavy atom. The van der Waals surface area contributed by atoms with Crippen molar-refractivity contribution in [1.82, 2.24) is 10.2 Å². The Morgan fingerprint density at radius 1 is 1.20 bits per heavy atom. The first-order chi connectivity index (χ1) is 9.67. The predicted octanol–water partition coefficient (Wildman–Crippen LogP) is 3.39. The standard InChI is InChI=1S/C18H28N2/c1-15-9-10-17(13-15)20-12-6-11-19-18(2,14-20)16-7-4-3-5-8-16/h3-5,7-8,15,17,19H,6,9-14H2,1-2H3. The zero-order valence-electron chi connectivity index (χ0n) is 12.9. The molecule has 2 fully saturated rings. The Hall–Kier alpha value is -0.860. The molecule has 1 saturated heterocycles. The molecular formula is C18H28N2. The molecule has 1 aromatic carbocycles. The van der Waals surface area contributed by atoms with E-state index in [0.29, 0.717) is 0 Å². The molecule has 2 aliphatic rings. The first-order valence-electron chi connectivity index (χ1n) is 8.22. The summed E-state index contributed by atoms with van der Waals surface area (Å²) in [6, 6.07) is 11.8. The molecule has 2 heteroatoms. The third-order valence-electron chi connectivity index (χ3n) is 5.25. The molecule has 1 saturated carbocycles. The van der Waals surface area contributed by atoms with E-state index in [0.717, 1.165) is 25.0 Å². The summed E-state index contributed by atoms with van der Waals surface area (Å²) in [6.45, 7) is 8.32. The van der Waals surface area contributed by atoms with Gasteiger partial charge in [0, 0.05) is 12.6 Å². The first-order valence-corrected chi connectivity index (χ1v) is 8.22. The van der Waals surface area contributed by atoms with Gasteiger partial charge in [-0.25, -0.2) is 0 Å². The van der Waals surface area contributed by atoms with Crippen molar-refractivity contribution < 1.29 is 0 Å². The summed E-state index contributed by atoms with van der Waals surface area (Å²) in [5.74, 6) is 0.916. The van der Waals surface area contributed by atoms with E-state index in [1.807, 2.05) is 0 Å². The van der Waals surface area contributed by atoms with E-state index in [9.17, 15) is 0 Å². The third kappa shape index (κ3) is 2.91. The van der Waals surface area contributed by atoms with Gasteiger partial charge in [-0.1, -0.05) is 37.3 Å². The molecule has 1 aliphatic heterocycles. The molecule has 0 spiro atoms. The zero-order chi connectivity index (χ0) is 14.0. The molecule has 3 atom stereocenters. The van der Waals surface area contributed by atoms with Gasteiger partial charge in [-0.3, -0.25) is 4.90 Å². The quantitative estimate of drug-likeness (QED) is 0.888. The average Bonchev–Trinajstić information content (AvgIpc) is 2.79. The van der Waals surface area contributed by atoms with E-state index in [2.05, 4.69) is 54.4 Å². The van der Waals surface area contributed by atoms with Gasteiger partial charge >= 0.3 is 0 Å². The maximum Gasteiger partial charge on any atom is 0.0535 e. The summed E-state index contributed by atoms with van der Waals surface area (Å²) in [4.78, 5) is 2.76. The maximum atomic E-state index is 3.80. The second-order valence-electron chi connectivity index (χ2n) is 7.02. The van der Waals surface area contributed by atoms with Crippen LogP contribution in [0.3, 0.4) is 0 Å². The lowest BCUT2D eigenvalue weighted by Crippen LogP contribution is -2.48. The van der Waals surface area contributed by atoms with Crippen LogP contribution in [0.4, 0.5) is 0 Å². The molecule has 1 aromatic rings. The molecular weight excluding hydrogens is 244 g/mol. The van der Waals surface area contributed by atoms with Crippen LogP contribution < -0.4 is 5.32 Å². The Balaban J connectivity index is 1.78. The molecule has 1 heterocycles. The van der Waals surface area contributed by atoms with Crippen LogP contribution in [-0.4, -0.2) is 30.6 Å². The number of hydrogen-bond donors (Lipinski definition) is 1. The third-order valence-corrected chi connectivity index (χ3v) is 5.25. The van der Waals surface area contributed by atoms with Gasteiger partial charge in [-0.05, 0) is 57.2 Å². The van der Waals surface area contributed by atoms with Crippen LogP contribution >= 0.6 is 0 Å². The van der Waals surface area contributed by atoms with Crippen molar-refractivity contribution in [2.45, 2.75) is 51.1 Å². The maximum absolute atomic E-state index is 3.80. The highest BCUT2D eigenvalue weighted by molar-refractivity contribution is 5.24. The predicted molar refractivity (Wildman–Crippen MR) is 84.8 cm³/mol. The summed E-state index contributed by atoms with van der Waals surface area (Å²) in [6.07, 6.45) is 5.47. The summed E-state index contributed by atoms with van der Waals surface area (Å²) < 4.78 is 0. The molecule has 1 N–H and O–H groups in total. The van der Waals surface area contributed by atoms with Crippen LogP contribution in [0.5, 0.6) is 0 Å². The lowest BCUT2D eigenvalue weighted by atomic mass is 9.91. The normalized spacial score (nSPS) is 35.9. The van der Waals surface area contributed by atoms with Gasteiger partial charge in [0.25, 0.3) is 0 Å². The second kappa shape index (κ2) is 5.87. The van der Waals surface area contributed by atoms with Crippen molar-refractivity contribution in [2.24, 2.45) is 5.92 Å². The van der Waals surface area contributed by atoms with E-state index in [1.54, 1.807) is 0 Å². The first kappa shape index (κ1) is 14.1. The minimum Gasteiger partial charge on any atom is -0.307 e. The summed E-state index contributed by atoms with van der Waals surface area (Å²) in [5, 5.41) is 3.80. The molecule has 0 amide bonds. The molecule has 3 rings (SSSR count). The van der Waals surface area contributed by atoms with Gasteiger partial charge in [0.05, 0.1) is 5.54 Å². The van der Waals surface area contributed by atoms with Gasteiger partial charge in [0.15, 0.2) is 0 Å². The van der Waals surface area contributed by atoms with Gasteiger partial charge in [-0.2, -0.15) is 0 Å². The van der Waals surface area contributed by atoms with Gasteiger partial charge in [0.1, 0.15) is 0 Å². The lowest BCUT2D eigenvalue weighted by Gasteiger charge is -2.37. The number of rotatable bonds is 2. The minimum atomic E-state index is 0.101. The van der Waals surface area contributed by atoms with Crippen LogP contribution in [-0.2, 0) is 5.54 Å². The topological polar surface area (TPSA) is 15.3 Å². The van der Waals surface area contributed by atoms with Gasteiger partial charge < -0.3 is 5.32 Å². The average molecular weight is 272 g/mol. The fourth-order valence-corrected chi connectivity index (χ4v) is 4.01. The number of hydrogen-bond acceptors (Lipinski definition) is 2. The lowest BCUT2D eigenvalue weighted by molar-refractivity contribution is 0.161. The highest BCUT2D eigenvalue weighted by Gasteiger charge is 2.35. The number of nitrogens with zero attached hydrogens (tertiary/aromatic N) is 1. The van der Waals surface area contributed by atoms with Crippen LogP contribution in [0, 0.1) is 5.92 Å². The van der Waals surface area contributed by atoms with Crippen molar-refractivity contribution in [2.75, 3.05) is 19.6 Å². The van der Waals surface area contributed by atoms with E-state index < -0.39 is 0 Å². The van der Waals surface area contributed by atoms with Gasteiger partial charge in [0.2, 0.25) is 0 Å². The summed E-state index contributed by atoms with van der Waals surface area (Å²) in [5.41, 5.74) is 1.53. The van der Waals surface area contributed by atoms with Crippen molar-refractivity contribution in [3.05, 3.63) is 35.9 Å². The van der Waals surface area contributed by atoms with Crippen molar-refractivity contribution in [3.63, 3.8) is 0 Å². The highest BCUT2D eigenvalue weighted by atomic mass is 15.2. The van der Waals surface area contributed by atoms with E-state index in [1.165, 1.54) is 37.8 Å². The van der Waals surface area contributed by atoms with Crippen molar-refractivity contribution in [3.8, 4) is 0 Å². The van der Waals surface area contributed by atoms with Crippen molar-refractivity contribution >= 4 is 0 Å². The SMILES string of the molecule is CC1CCC(N2CCCNC(C)(c3ccccc3)C2)C1. The molecule has 2 nitrogen and oxygen atoms in total. The van der Waals surface area contributed by atoms with Gasteiger partial charge in [-0.15, -0.1) is 0 Å². The highest BCUT2D eigenvalue weighted by Crippen LogP contribution is 2.32. The molecule has 0 radical (unpaired) electrons. The fraction of sp³-hybridized carbons (Fsp3) is 0.667. The van der Waals surface area contributed by atoms with E-state index in [-0.39, 0.29) is 5.54 Å². The molecule has 110 valence electrons. The van der Waals surface area contributed by atoms with Crippen LogP contribution in [0.15, 0.2) is 30.3 Å². The van der Waals surface area contributed by atoms with Crippen LogP contribution in [0.2, 0.25) is 0 Å². The summed E-state index contributed by atoms with van der Waals surface area (Å²) >= 11 is 0. The Morgan fingerprint density at radius 3 is 2.70 bits per heavy atom. The molecule has 0 bridgehead atoms. The smallest absolute Gasteiger partial charge is 0.0535 e. The van der Waals surface area contributed by atoms with E-state index in [4.69, 9.17) is 0 Å². The Bertz CT molecular complexity index is 430.